The van der Waals surface area contributed by atoms with Gasteiger partial charge in [-0.05, 0) is 12.3 Å². The van der Waals surface area contributed by atoms with Gasteiger partial charge in [-0.15, -0.1) is 0 Å². The zero-order valence-electron chi connectivity index (χ0n) is 13.4. The van der Waals surface area contributed by atoms with E-state index < -0.39 is 0 Å². The predicted molar refractivity (Wildman–Crippen MR) is 83.5 cm³/mol. The van der Waals surface area contributed by atoms with Gasteiger partial charge in [0.2, 0.25) is 5.91 Å². The van der Waals surface area contributed by atoms with Crippen LogP contribution in [0.3, 0.4) is 0 Å². The van der Waals surface area contributed by atoms with Gasteiger partial charge in [0, 0.05) is 38.5 Å². The Balaban J connectivity index is 1.86. The summed E-state index contributed by atoms with van der Waals surface area (Å²) in [6, 6.07) is 0.312. The molecule has 0 saturated carbocycles. The molecule has 22 heavy (non-hydrogen) atoms. The SMILES string of the molecule is CC(C)C[C@H](CNC(=O)C1=NNC(=O)CC1)N1CCOCC1. The summed E-state index contributed by atoms with van der Waals surface area (Å²) in [7, 11) is 0. The van der Waals surface area contributed by atoms with Crippen LogP contribution in [0.25, 0.3) is 0 Å². The van der Waals surface area contributed by atoms with Gasteiger partial charge in [-0.2, -0.15) is 5.10 Å². The Morgan fingerprint density at radius 3 is 2.68 bits per heavy atom. The van der Waals surface area contributed by atoms with Crippen LogP contribution in [-0.4, -0.2) is 61.3 Å². The predicted octanol–water partition coefficient (Wildman–Crippen LogP) is 0.116. The fraction of sp³-hybridized carbons (Fsp3) is 0.800. The lowest BCUT2D eigenvalue weighted by Crippen LogP contribution is -2.50. The molecule has 2 rings (SSSR count). The van der Waals surface area contributed by atoms with Crippen molar-refractivity contribution in [3.8, 4) is 0 Å². The average molecular weight is 310 g/mol. The maximum atomic E-state index is 12.1. The minimum absolute atomic E-state index is 0.137. The third-order valence-electron chi connectivity index (χ3n) is 3.97. The van der Waals surface area contributed by atoms with E-state index in [2.05, 4.69) is 34.6 Å². The summed E-state index contributed by atoms with van der Waals surface area (Å²) in [5.41, 5.74) is 2.76. The molecule has 1 atom stereocenters. The van der Waals surface area contributed by atoms with Gasteiger partial charge >= 0.3 is 0 Å². The van der Waals surface area contributed by atoms with Crippen molar-refractivity contribution in [1.29, 1.82) is 0 Å². The number of hydrazone groups is 1. The van der Waals surface area contributed by atoms with Gasteiger partial charge in [-0.25, -0.2) is 5.43 Å². The van der Waals surface area contributed by atoms with Crippen molar-refractivity contribution in [3.63, 3.8) is 0 Å². The van der Waals surface area contributed by atoms with Gasteiger partial charge in [0.05, 0.1) is 13.2 Å². The van der Waals surface area contributed by atoms with Crippen LogP contribution in [0.1, 0.15) is 33.1 Å². The van der Waals surface area contributed by atoms with Crippen LogP contribution < -0.4 is 10.7 Å². The molecule has 2 heterocycles. The number of carbonyl (C=O) groups is 2. The highest BCUT2D eigenvalue weighted by molar-refractivity contribution is 6.39. The first-order valence-corrected chi connectivity index (χ1v) is 8.01. The molecule has 0 aromatic rings. The molecular formula is C15H26N4O3. The van der Waals surface area contributed by atoms with E-state index in [0.717, 1.165) is 32.7 Å². The minimum atomic E-state index is -0.179. The standard InChI is InChI=1S/C15H26N4O3/c1-11(2)9-12(19-5-7-22-8-6-19)10-16-15(21)13-3-4-14(20)18-17-13/h11-12H,3-10H2,1-2H3,(H,16,21)(H,18,20)/t12-/m1/s1. The van der Waals surface area contributed by atoms with Crippen LogP contribution in [0, 0.1) is 5.92 Å². The van der Waals surface area contributed by atoms with Crippen molar-refractivity contribution in [2.24, 2.45) is 11.0 Å². The van der Waals surface area contributed by atoms with E-state index in [-0.39, 0.29) is 11.8 Å². The Morgan fingerprint density at radius 2 is 2.09 bits per heavy atom. The molecule has 1 saturated heterocycles. The Hall–Kier alpha value is -1.47. The van der Waals surface area contributed by atoms with E-state index >= 15 is 0 Å². The summed E-state index contributed by atoms with van der Waals surface area (Å²) in [5, 5.41) is 6.80. The van der Waals surface area contributed by atoms with Crippen molar-refractivity contribution >= 4 is 17.5 Å². The number of rotatable bonds is 6. The smallest absolute Gasteiger partial charge is 0.267 e. The topological polar surface area (TPSA) is 83.0 Å². The lowest BCUT2D eigenvalue weighted by molar-refractivity contribution is -0.121. The van der Waals surface area contributed by atoms with Gasteiger partial charge < -0.3 is 10.1 Å². The normalized spacial score (nSPS) is 21.2. The van der Waals surface area contributed by atoms with E-state index in [1.807, 2.05) is 0 Å². The largest absolute Gasteiger partial charge is 0.379 e. The molecule has 2 amide bonds. The van der Waals surface area contributed by atoms with Gasteiger partial charge in [-0.3, -0.25) is 14.5 Å². The van der Waals surface area contributed by atoms with Crippen molar-refractivity contribution in [2.45, 2.75) is 39.2 Å². The molecule has 0 bridgehead atoms. The molecule has 0 radical (unpaired) electrons. The highest BCUT2D eigenvalue weighted by Crippen LogP contribution is 2.13. The van der Waals surface area contributed by atoms with E-state index in [0.29, 0.717) is 37.1 Å². The first-order valence-electron chi connectivity index (χ1n) is 8.01. The fourth-order valence-electron chi connectivity index (χ4n) is 2.80. The lowest BCUT2D eigenvalue weighted by atomic mass is 10.0. The number of amides is 2. The van der Waals surface area contributed by atoms with Crippen molar-refractivity contribution in [2.75, 3.05) is 32.8 Å². The Labute approximate surface area is 131 Å². The van der Waals surface area contributed by atoms with Crippen LogP contribution in [0.15, 0.2) is 5.10 Å². The monoisotopic (exact) mass is 310 g/mol. The number of morpholine rings is 1. The molecule has 0 aromatic heterocycles. The van der Waals surface area contributed by atoms with Crippen molar-refractivity contribution in [1.82, 2.24) is 15.6 Å². The first kappa shape index (κ1) is 16.9. The number of carbonyl (C=O) groups excluding carboxylic acids is 2. The molecular weight excluding hydrogens is 284 g/mol. The minimum Gasteiger partial charge on any atom is -0.379 e. The van der Waals surface area contributed by atoms with Crippen LogP contribution in [0.2, 0.25) is 0 Å². The second kappa shape index (κ2) is 8.24. The number of nitrogens with one attached hydrogen (secondary N) is 2. The molecule has 2 aliphatic rings. The van der Waals surface area contributed by atoms with Gasteiger partial charge in [0.25, 0.3) is 5.91 Å². The maximum absolute atomic E-state index is 12.1. The highest BCUT2D eigenvalue weighted by Gasteiger charge is 2.24. The van der Waals surface area contributed by atoms with E-state index in [1.165, 1.54) is 0 Å². The van der Waals surface area contributed by atoms with E-state index in [4.69, 9.17) is 4.74 Å². The Bertz CT molecular complexity index is 431. The van der Waals surface area contributed by atoms with E-state index in [1.54, 1.807) is 0 Å². The molecule has 2 N–H and O–H groups in total. The van der Waals surface area contributed by atoms with Crippen LogP contribution >= 0.6 is 0 Å². The fourth-order valence-corrected chi connectivity index (χ4v) is 2.80. The van der Waals surface area contributed by atoms with Gasteiger partial charge in [0.1, 0.15) is 5.71 Å². The molecule has 7 nitrogen and oxygen atoms in total. The number of ether oxygens (including phenoxy) is 1. The summed E-state index contributed by atoms with van der Waals surface area (Å²) < 4.78 is 5.40. The molecule has 0 aliphatic carbocycles. The van der Waals surface area contributed by atoms with Gasteiger partial charge in [-0.1, -0.05) is 13.8 Å². The molecule has 1 fully saturated rings. The lowest BCUT2D eigenvalue weighted by Gasteiger charge is -2.35. The molecule has 0 aromatic carbocycles. The second-order valence-electron chi connectivity index (χ2n) is 6.24. The highest BCUT2D eigenvalue weighted by atomic mass is 16.5. The maximum Gasteiger partial charge on any atom is 0.267 e. The molecule has 2 aliphatic heterocycles. The number of hydrogen-bond donors (Lipinski definition) is 2. The summed E-state index contributed by atoms with van der Waals surface area (Å²) in [6.07, 6.45) is 1.76. The summed E-state index contributed by atoms with van der Waals surface area (Å²) in [4.78, 5) is 25.6. The Kier molecular flexibility index (Phi) is 6.33. The first-order chi connectivity index (χ1) is 10.6. The second-order valence-corrected chi connectivity index (χ2v) is 6.24. The summed E-state index contributed by atoms with van der Waals surface area (Å²) in [6.45, 7) is 8.30. The van der Waals surface area contributed by atoms with Crippen molar-refractivity contribution in [3.05, 3.63) is 0 Å². The Morgan fingerprint density at radius 1 is 1.36 bits per heavy atom. The third kappa shape index (κ3) is 5.06. The molecule has 0 spiro atoms. The van der Waals surface area contributed by atoms with Crippen LogP contribution in [0.5, 0.6) is 0 Å². The molecule has 7 heteroatoms. The summed E-state index contributed by atoms with van der Waals surface area (Å²) >= 11 is 0. The molecule has 0 unspecified atom stereocenters. The molecule has 124 valence electrons. The summed E-state index contributed by atoms with van der Waals surface area (Å²) in [5.74, 6) is 0.251. The number of nitrogens with zero attached hydrogens (tertiary/aromatic N) is 2. The van der Waals surface area contributed by atoms with Gasteiger partial charge in [0.15, 0.2) is 0 Å². The number of hydrogen-bond acceptors (Lipinski definition) is 5. The zero-order chi connectivity index (χ0) is 15.9. The van der Waals surface area contributed by atoms with E-state index in [9.17, 15) is 9.59 Å². The quantitative estimate of drug-likeness (QED) is 0.730. The van der Waals surface area contributed by atoms with Crippen LogP contribution in [-0.2, 0) is 14.3 Å². The zero-order valence-corrected chi connectivity index (χ0v) is 13.4. The third-order valence-corrected chi connectivity index (χ3v) is 3.97. The van der Waals surface area contributed by atoms with Crippen LogP contribution in [0.4, 0.5) is 0 Å². The average Bonchev–Trinajstić information content (AvgIpc) is 2.52. The van der Waals surface area contributed by atoms with Crippen molar-refractivity contribution < 1.29 is 14.3 Å².